The lowest BCUT2D eigenvalue weighted by Crippen LogP contribution is -2.37. The van der Waals surface area contributed by atoms with E-state index in [2.05, 4.69) is 10.6 Å². The minimum Gasteiger partial charge on any atom is -0.466 e. The Morgan fingerprint density at radius 1 is 1.12 bits per heavy atom. The van der Waals surface area contributed by atoms with Gasteiger partial charge in [-0.2, -0.15) is 5.26 Å². The number of rotatable bonds is 7. The molecule has 0 aliphatic carbocycles. The SMILES string of the molecule is CCOC(=O)C(CNC(=O)Nc1ccc(C#N)cc1)Cc1ccccc1. The van der Waals surface area contributed by atoms with Gasteiger partial charge in [-0.3, -0.25) is 4.79 Å². The fourth-order valence-corrected chi connectivity index (χ4v) is 2.42. The number of nitriles is 1. The molecule has 6 heteroatoms. The van der Waals surface area contributed by atoms with Gasteiger partial charge >= 0.3 is 12.0 Å². The molecular weight excluding hydrogens is 330 g/mol. The third-order valence-corrected chi connectivity index (χ3v) is 3.73. The van der Waals surface area contributed by atoms with Gasteiger partial charge in [-0.15, -0.1) is 0 Å². The van der Waals surface area contributed by atoms with Crippen LogP contribution >= 0.6 is 0 Å². The maximum atomic E-state index is 12.2. The first kappa shape index (κ1) is 19.0. The number of benzene rings is 2. The summed E-state index contributed by atoms with van der Waals surface area (Å²) >= 11 is 0. The van der Waals surface area contributed by atoms with E-state index in [1.54, 1.807) is 31.2 Å². The number of hydrogen-bond acceptors (Lipinski definition) is 4. The summed E-state index contributed by atoms with van der Waals surface area (Å²) in [6.45, 7) is 2.21. The summed E-state index contributed by atoms with van der Waals surface area (Å²) in [7, 11) is 0. The van der Waals surface area contributed by atoms with Gasteiger partial charge in [0.25, 0.3) is 0 Å². The fourth-order valence-electron chi connectivity index (χ4n) is 2.42. The quantitative estimate of drug-likeness (QED) is 0.750. The topological polar surface area (TPSA) is 91.2 Å². The minimum atomic E-state index is -0.468. The van der Waals surface area contributed by atoms with Gasteiger partial charge in [0.15, 0.2) is 0 Å². The van der Waals surface area contributed by atoms with Crippen LogP contribution in [-0.2, 0) is 16.0 Å². The first-order valence-electron chi connectivity index (χ1n) is 8.38. The van der Waals surface area contributed by atoms with Crippen molar-refractivity contribution >= 4 is 17.7 Å². The molecule has 0 fully saturated rings. The van der Waals surface area contributed by atoms with Crippen molar-refractivity contribution in [3.8, 4) is 6.07 Å². The predicted molar refractivity (Wildman–Crippen MR) is 98.4 cm³/mol. The molecular formula is C20H21N3O3. The molecule has 0 saturated carbocycles. The van der Waals surface area contributed by atoms with Gasteiger partial charge < -0.3 is 15.4 Å². The van der Waals surface area contributed by atoms with Crippen LogP contribution in [0.1, 0.15) is 18.1 Å². The highest BCUT2D eigenvalue weighted by Gasteiger charge is 2.21. The fraction of sp³-hybridized carbons (Fsp3) is 0.250. The lowest BCUT2D eigenvalue weighted by molar-refractivity contribution is -0.147. The van der Waals surface area contributed by atoms with E-state index in [1.165, 1.54) is 0 Å². The van der Waals surface area contributed by atoms with E-state index in [0.29, 0.717) is 24.3 Å². The highest BCUT2D eigenvalue weighted by atomic mass is 16.5. The number of carbonyl (C=O) groups excluding carboxylic acids is 2. The van der Waals surface area contributed by atoms with E-state index in [1.807, 2.05) is 36.4 Å². The van der Waals surface area contributed by atoms with Crippen molar-refractivity contribution in [2.75, 3.05) is 18.5 Å². The summed E-state index contributed by atoms with van der Waals surface area (Å²) in [5, 5.41) is 14.2. The van der Waals surface area contributed by atoms with Crippen molar-refractivity contribution in [1.82, 2.24) is 5.32 Å². The van der Waals surface area contributed by atoms with Crippen LogP contribution < -0.4 is 10.6 Å². The second kappa shape index (κ2) is 9.84. The van der Waals surface area contributed by atoms with Gasteiger partial charge in [0, 0.05) is 12.2 Å². The summed E-state index contributed by atoms with van der Waals surface area (Å²) in [4.78, 5) is 24.2. The molecule has 0 aliphatic rings. The van der Waals surface area contributed by atoms with Crippen molar-refractivity contribution in [2.45, 2.75) is 13.3 Å². The standard InChI is InChI=1S/C20H21N3O3/c1-2-26-19(24)17(12-15-6-4-3-5-7-15)14-22-20(25)23-18-10-8-16(13-21)9-11-18/h3-11,17H,2,12,14H2,1H3,(H2,22,23,25). The first-order chi connectivity index (χ1) is 12.6. The summed E-state index contributed by atoms with van der Waals surface area (Å²) in [6.07, 6.45) is 0.483. The normalized spacial score (nSPS) is 11.1. The maximum Gasteiger partial charge on any atom is 0.319 e. The number of ether oxygens (including phenoxy) is 1. The first-order valence-corrected chi connectivity index (χ1v) is 8.38. The Balaban J connectivity index is 1.93. The summed E-state index contributed by atoms with van der Waals surface area (Å²) < 4.78 is 5.11. The Bertz CT molecular complexity index is 767. The third kappa shape index (κ3) is 5.95. The number of hydrogen-bond donors (Lipinski definition) is 2. The van der Waals surface area contributed by atoms with Crippen LogP contribution in [0, 0.1) is 17.2 Å². The molecule has 134 valence electrons. The number of nitrogens with zero attached hydrogens (tertiary/aromatic N) is 1. The van der Waals surface area contributed by atoms with Crippen molar-refractivity contribution in [3.05, 3.63) is 65.7 Å². The Kier molecular flexibility index (Phi) is 7.19. The van der Waals surface area contributed by atoms with Crippen LogP contribution in [0.15, 0.2) is 54.6 Å². The number of urea groups is 1. The van der Waals surface area contributed by atoms with E-state index in [9.17, 15) is 9.59 Å². The predicted octanol–water partition coefficient (Wildman–Crippen LogP) is 3.10. The summed E-state index contributed by atoms with van der Waals surface area (Å²) in [6, 6.07) is 17.7. The average molecular weight is 351 g/mol. The van der Waals surface area contributed by atoms with E-state index in [-0.39, 0.29) is 12.5 Å². The van der Waals surface area contributed by atoms with Crippen LogP contribution in [0.5, 0.6) is 0 Å². The minimum absolute atomic E-state index is 0.163. The average Bonchev–Trinajstić information content (AvgIpc) is 2.66. The third-order valence-electron chi connectivity index (χ3n) is 3.73. The van der Waals surface area contributed by atoms with Crippen LogP contribution in [0.3, 0.4) is 0 Å². The molecule has 2 aromatic rings. The molecule has 0 saturated heterocycles. The van der Waals surface area contributed by atoms with Gasteiger partial charge in [-0.25, -0.2) is 4.79 Å². The molecule has 26 heavy (non-hydrogen) atoms. The summed E-state index contributed by atoms with van der Waals surface area (Å²) in [5.74, 6) is -0.806. The van der Waals surface area contributed by atoms with Crippen LogP contribution in [-0.4, -0.2) is 25.2 Å². The number of amides is 2. The second-order valence-corrected chi connectivity index (χ2v) is 5.66. The van der Waals surface area contributed by atoms with Gasteiger partial charge in [0.2, 0.25) is 0 Å². The number of nitrogens with one attached hydrogen (secondary N) is 2. The number of esters is 1. The monoisotopic (exact) mass is 351 g/mol. The zero-order chi connectivity index (χ0) is 18.8. The molecule has 0 aliphatic heterocycles. The van der Waals surface area contributed by atoms with Gasteiger partial charge in [0.05, 0.1) is 24.2 Å². The molecule has 1 unspecified atom stereocenters. The lowest BCUT2D eigenvalue weighted by Gasteiger charge is -2.17. The van der Waals surface area contributed by atoms with Crippen molar-refractivity contribution < 1.29 is 14.3 Å². The zero-order valence-corrected chi connectivity index (χ0v) is 14.6. The Labute approximate surface area is 152 Å². The highest BCUT2D eigenvalue weighted by molar-refractivity contribution is 5.89. The highest BCUT2D eigenvalue weighted by Crippen LogP contribution is 2.11. The summed E-state index contributed by atoms with van der Waals surface area (Å²) in [5.41, 5.74) is 2.08. The van der Waals surface area contributed by atoms with E-state index in [4.69, 9.17) is 10.00 Å². The number of anilines is 1. The maximum absolute atomic E-state index is 12.2. The van der Waals surface area contributed by atoms with E-state index in [0.717, 1.165) is 5.56 Å². The van der Waals surface area contributed by atoms with Crippen molar-refractivity contribution in [1.29, 1.82) is 5.26 Å². The van der Waals surface area contributed by atoms with Crippen LogP contribution in [0.2, 0.25) is 0 Å². The molecule has 0 heterocycles. The van der Waals surface area contributed by atoms with Crippen LogP contribution in [0.4, 0.5) is 10.5 Å². The van der Waals surface area contributed by atoms with Gasteiger partial charge in [0.1, 0.15) is 0 Å². The molecule has 0 bridgehead atoms. The molecule has 0 radical (unpaired) electrons. The Morgan fingerprint density at radius 2 is 1.81 bits per heavy atom. The Morgan fingerprint density at radius 3 is 2.42 bits per heavy atom. The van der Waals surface area contributed by atoms with Crippen molar-refractivity contribution in [3.63, 3.8) is 0 Å². The lowest BCUT2D eigenvalue weighted by atomic mass is 9.99. The van der Waals surface area contributed by atoms with Gasteiger partial charge in [-0.05, 0) is 43.2 Å². The molecule has 1 atom stereocenters. The second-order valence-electron chi connectivity index (χ2n) is 5.66. The number of carbonyl (C=O) groups is 2. The smallest absolute Gasteiger partial charge is 0.319 e. The molecule has 2 amide bonds. The van der Waals surface area contributed by atoms with Crippen molar-refractivity contribution in [2.24, 2.45) is 5.92 Å². The molecule has 0 aromatic heterocycles. The largest absolute Gasteiger partial charge is 0.466 e. The van der Waals surface area contributed by atoms with E-state index >= 15 is 0 Å². The molecule has 0 spiro atoms. The molecule has 2 aromatic carbocycles. The van der Waals surface area contributed by atoms with E-state index < -0.39 is 11.9 Å². The van der Waals surface area contributed by atoms with Crippen LogP contribution in [0.25, 0.3) is 0 Å². The molecule has 6 nitrogen and oxygen atoms in total. The molecule has 2 rings (SSSR count). The van der Waals surface area contributed by atoms with Gasteiger partial charge in [-0.1, -0.05) is 30.3 Å². The zero-order valence-electron chi connectivity index (χ0n) is 14.6. The Hall–Kier alpha value is -3.33. The molecule has 2 N–H and O–H groups in total.